The van der Waals surface area contributed by atoms with Crippen molar-refractivity contribution in [2.24, 2.45) is 0 Å². The summed E-state index contributed by atoms with van der Waals surface area (Å²) in [5, 5.41) is 0. The molecule has 1 aliphatic carbocycles. The zero-order chi connectivity index (χ0) is 9.80. The molecular formula is C13H18S. The van der Waals surface area contributed by atoms with Gasteiger partial charge in [-0.15, -0.1) is 11.8 Å². The van der Waals surface area contributed by atoms with E-state index >= 15 is 0 Å². The van der Waals surface area contributed by atoms with E-state index < -0.39 is 0 Å². The lowest BCUT2D eigenvalue weighted by Gasteiger charge is -2.22. The maximum atomic E-state index is 2.38. The van der Waals surface area contributed by atoms with Crippen molar-refractivity contribution in [2.45, 2.75) is 42.9 Å². The van der Waals surface area contributed by atoms with Gasteiger partial charge in [0.2, 0.25) is 0 Å². The summed E-state index contributed by atoms with van der Waals surface area (Å²) >= 11 is 1.85. The largest absolute Gasteiger partial charge is 0.130 e. The standard InChI is InChI=1S/C13H18S/c1-14-13-9-5-8-12(10-13)11-6-3-2-4-7-11/h5,8-11H,2-4,6-7H2,1H3. The maximum absolute atomic E-state index is 2.38. The summed E-state index contributed by atoms with van der Waals surface area (Å²) in [6, 6.07) is 9.09. The predicted octanol–water partition coefficient (Wildman–Crippen LogP) is 4.46. The Morgan fingerprint density at radius 1 is 1.14 bits per heavy atom. The molecule has 0 amide bonds. The van der Waals surface area contributed by atoms with Gasteiger partial charge in [-0.25, -0.2) is 0 Å². The lowest BCUT2D eigenvalue weighted by molar-refractivity contribution is 0.443. The van der Waals surface area contributed by atoms with E-state index in [0.717, 1.165) is 5.92 Å². The number of thioether (sulfide) groups is 1. The van der Waals surface area contributed by atoms with Gasteiger partial charge in [-0.2, -0.15) is 0 Å². The van der Waals surface area contributed by atoms with Crippen LogP contribution in [0.15, 0.2) is 29.2 Å². The summed E-state index contributed by atoms with van der Waals surface area (Å²) in [6.07, 6.45) is 9.25. The summed E-state index contributed by atoms with van der Waals surface area (Å²) in [6.45, 7) is 0. The Balaban J connectivity index is 2.13. The fourth-order valence-electron chi connectivity index (χ4n) is 2.33. The Hall–Kier alpha value is -0.430. The van der Waals surface area contributed by atoms with E-state index in [9.17, 15) is 0 Å². The average Bonchev–Trinajstić information content (AvgIpc) is 2.30. The molecule has 0 nitrogen and oxygen atoms in total. The Morgan fingerprint density at radius 2 is 1.93 bits per heavy atom. The molecular weight excluding hydrogens is 188 g/mol. The average molecular weight is 206 g/mol. The lowest BCUT2D eigenvalue weighted by Crippen LogP contribution is -2.04. The zero-order valence-electron chi connectivity index (χ0n) is 8.83. The monoisotopic (exact) mass is 206 g/mol. The van der Waals surface area contributed by atoms with Gasteiger partial charge in [0.1, 0.15) is 0 Å². The highest BCUT2D eigenvalue weighted by Gasteiger charge is 2.15. The highest BCUT2D eigenvalue weighted by atomic mass is 32.2. The van der Waals surface area contributed by atoms with Crippen molar-refractivity contribution in [1.82, 2.24) is 0 Å². The van der Waals surface area contributed by atoms with Gasteiger partial charge >= 0.3 is 0 Å². The second-order valence-corrected chi connectivity index (χ2v) is 4.99. The molecule has 1 aromatic carbocycles. The molecule has 0 spiro atoms. The third-order valence-electron chi connectivity index (χ3n) is 3.17. The second-order valence-electron chi connectivity index (χ2n) is 4.11. The Morgan fingerprint density at radius 3 is 2.64 bits per heavy atom. The van der Waals surface area contributed by atoms with Crippen LogP contribution in [0.5, 0.6) is 0 Å². The van der Waals surface area contributed by atoms with Gasteiger partial charge < -0.3 is 0 Å². The number of hydrogen-bond acceptors (Lipinski definition) is 1. The second kappa shape index (κ2) is 4.88. The van der Waals surface area contributed by atoms with Crippen molar-refractivity contribution in [3.8, 4) is 0 Å². The van der Waals surface area contributed by atoms with Crippen molar-refractivity contribution >= 4 is 11.8 Å². The smallest absolute Gasteiger partial charge is 0.00719 e. The first-order chi connectivity index (χ1) is 6.90. The molecule has 1 fully saturated rings. The molecule has 0 N–H and O–H groups in total. The summed E-state index contributed by atoms with van der Waals surface area (Å²) in [5.41, 5.74) is 1.57. The van der Waals surface area contributed by atoms with E-state index in [0.29, 0.717) is 0 Å². The fourth-order valence-corrected chi connectivity index (χ4v) is 2.80. The lowest BCUT2D eigenvalue weighted by atomic mass is 9.84. The van der Waals surface area contributed by atoms with Gasteiger partial charge in [-0.1, -0.05) is 31.4 Å². The predicted molar refractivity (Wildman–Crippen MR) is 64.0 cm³/mol. The Labute approximate surface area is 91.1 Å². The SMILES string of the molecule is CSc1cccc(C2CCCCC2)c1. The molecule has 0 heterocycles. The minimum atomic E-state index is 0.843. The third-order valence-corrected chi connectivity index (χ3v) is 3.90. The topological polar surface area (TPSA) is 0 Å². The number of hydrogen-bond donors (Lipinski definition) is 0. The minimum Gasteiger partial charge on any atom is -0.130 e. The van der Waals surface area contributed by atoms with Crippen molar-refractivity contribution in [2.75, 3.05) is 6.26 Å². The van der Waals surface area contributed by atoms with Crippen LogP contribution in [0.2, 0.25) is 0 Å². The molecule has 0 aromatic heterocycles. The molecule has 0 radical (unpaired) electrons. The molecule has 0 unspecified atom stereocenters. The molecule has 1 aromatic rings. The molecule has 0 atom stereocenters. The summed E-state index contributed by atoms with van der Waals surface area (Å²) in [4.78, 5) is 1.41. The zero-order valence-corrected chi connectivity index (χ0v) is 9.65. The van der Waals surface area contributed by atoms with Crippen LogP contribution in [0.1, 0.15) is 43.6 Å². The minimum absolute atomic E-state index is 0.843. The van der Waals surface area contributed by atoms with E-state index in [1.165, 1.54) is 37.0 Å². The first-order valence-corrected chi connectivity index (χ1v) is 6.76. The molecule has 0 bridgehead atoms. The van der Waals surface area contributed by atoms with E-state index in [1.54, 1.807) is 5.56 Å². The van der Waals surface area contributed by atoms with Crippen LogP contribution < -0.4 is 0 Å². The highest BCUT2D eigenvalue weighted by molar-refractivity contribution is 7.98. The van der Waals surface area contributed by atoms with Crippen LogP contribution in [-0.2, 0) is 0 Å². The van der Waals surface area contributed by atoms with E-state index in [-0.39, 0.29) is 0 Å². The molecule has 0 aliphatic heterocycles. The van der Waals surface area contributed by atoms with E-state index in [2.05, 4.69) is 30.5 Å². The van der Waals surface area contributed by atoms with E-state index in [1.807, 2.05) is 11.8 Å². The fraction of sp³-hybridized carbons (Fsp3) is 0.538. The summed E-state index contributed by atoms with van der Waals surface area (Å²) in [7, 11) is 0. The highest BCUT2D eigenvalue weighted by Crippen LogP contribution is 2.33. The van der Waals surface area contributed by atoms with Crippen LogP contribution in [0, 0.1) is 0 Å². The van der Waals surface area contributed by atoms with Gasteiger partial charge in [-0.05, 0) is 42.7 Å². The number of benzene rings is 1. The van der Waals surface area contributed by atoms with Crippen LogP contribution in [-0.4, -0.2) is 6.26 Å². The summed E-state index contributed by atoms with van der Waals surface area (Å²) in [5.74, 6) is 0.843. The Kier molecular flexibility index (Phi) is 3.52. The van der Waals surface area contributed by atoms with E-state index in [4.69, 9.17) is 0 Å². The van der Waals surface area contributed by atoms with Gasteiger partial charge in [0.05, 0.1) is 0 Å². The molecule has 1 aliphatic rings. The van der Waals surface area contributed by atoms with Gasteiger partial charge in [0.25, 0.3) is 0 Å². The van der Waals surface area contributed by atoms with Crippen molar-refractivity contribution in [3.63, 3.8) is 0 Å². The van der Waals surface area contributed by atoms with Gasteiger partial charge in [0.15, 0.2) is 0 Å². The first kappa shape index (κ1) is 10.1. The third kappa shape index (κ3) is 2.33. The maximum Gasteiger partial charge on any atom is 0.00719 e. The molecule has 1 heteroatoms. The number of rotatable bonds is 2. The Bertz CT molecular complexity index is 287. The molecule has 0 saturated heterocycles. The molecule has 1 saturated carbocycles. The van der Waals surface area contributed by atoms with Crippen LogP contribution in [0.3, 0.4) is 0 Å². The van der Waals surface area contributed by atoms with Gasteiger partial charge in [-0.3, -0.25) is 0 Å². The van der Waals surface area contributed by atoms with Crippen molar-refractivity contribution < 1.29 is 0 Å². The summed E-state index contributed by atoms with van der Waals surface area (Å²) < 4.78 is 0. The van der Waals surface area contributed by atoms with Crippen LogP contribution >= 0.6 is 11.8 Å². The van der Waals surface area contributed by atoms with Crippen molar-refractivity contribution in [3.05, 3.63) is 29.8 Å². The molecule has 2 rings (SSSR count). The van der Waals surface area contributed by atoms with Crippen LogP contribution in [0.25, 0.3) is 0 Å². The normalized spacial score (nSPS) is 18.4. The van der Waals surface area contributed by atoms with Crippen LogP contribution in [0.4, 0.5) is 0 Å². The molecule has 76 valence electrons. The first-order valence-electron chi connectivity index (χ1n) is 5.54. The quantitative estimate of drug-likeness (QED) is 0.644. The van der Waals surface area contributed by atoms with Crippen molar-refractivity contribution in [1.29, 1.82) is 0 Å². The molecule has 14 heavy (non-hydrogen) atoms. The van der Waals surface area contributed by atoms with Gasteiger partial charge in [0, 0.05) is 4.90 Å².